The molecule has 2 rings (SSSR count). The highest BCUT2D eigenvalue weighted by atomic mass is 32.2. The van der Waals surface area contributed by atoms with Gasteiger partial charge in [0.25, 0.3) is 5.91 Å². The topological polar surface area (TPSA) is 55.8 Å². The van der Waals surface area contributed by atoms with Gasteiger partial charge in [-0.05, 0) is 37.6 Å². The molecule has 7 heteroatoms. The minimum Gasteiger partial charge on any atom is -0.491 e. The van der Waals surface area contributed by atoms with E-state index in [0.29, 0.717) is 9.23 Å². The number of rotatable bonds is 6. The summed E-state index contributed by atoms with van der Waals surface area (Å²) < 4.78 is 10.6. The molecule has 0 atom stereocenters. The number of hydrogen-bond donors (Lipinski definition) is 0. The van der Waals surface area contributed by atoms with E-state index in [-0.39, 0.29) is 30.9 Å². The van der Waals surface area contributed by atoms with E-state index in [1.165, 1.54) is 23.8 Å². The maximum absolute atomic E-state index is 12.4. The third-order valence-electron chi connectivity index (χ3n) is 3.19. The fourth-order valence-corrected chi connectivity index (χ4v) is 3.37. The molecule has 1 aliphatic rings. The van der Waals surface area contributed by atoms with E-state index in [9.17, 15) is 9.59 Å². The number of nitrogens with zero attached hydrogens (tertiary/aromatic N) is 1. The highest BCUT2D eigenvalue weighted by molar-refractivity contribution is 8.26. The third kappa shape index (κ3) is 4.82. The molecule has 0 bridgehead atoms. The predicted molar refractivity (Wildman–Crippen MR) is 98.7 cm³/mol. The molecule has 0 saturated carbocycles. The number of hydrogen-bond acceptors (Lipinski definition) is 6. The Morgan fingerprint density at radius 2 is 2.00 bits per heavy atom. The van der Waals surface area contributed by atoms with Crippen LogP contribution in [0.4, 0.5) is 0 Å². The zero-order valence-electron chi connectivity index (χ0n) is 13.8. The van der Waals surface area contributed by atoms with Crippen molar-refractivity contribution in [2.45, 2.75) is 26.4 Å². The van der Waals surface area contributed by atoms with Crippen molar-refractivity contribution in [3.63, 3.8) is 0 Å². The molecular weight excluding hydrogens is 346 g/mol. The fourth-order valence-electron chi connectivity index (χ4n) is 2.06. The first kappa shape index (κ1) is 18.5. The van der Waals surface area contributed by atoms with E-state index in [2.05, 4.69) is 4.74 Å². The van der Waals surface area contributed by atoms with Gasteiger partial charge in [-0.1, -0.05) is 36.1 Å². The van der Waals surface area contributed by atoms with Crippen molar-refractivity contribution in [3.05, 3.63) is 34.7 Å². The molecule has 1 amide bonds. The summed E-state index contributed by atoms with van der Waals surface area (Å²) in [6, 6.07) is 7.51. The minimum absolute atomic E-state index is 0.113. The highest BCUT2D eigenvalue weighted by Crippen LogP contribution is 2.32. The predicted octanol–water partition coefficient (Wildman–Crippen LogP) is 3.24. The van der Waals surface area contributed by atoms with Crippen molar-refractivity contribution in [2.75, 3.05) is 13.7 Å². The molecule has 0 radical (unpaired) electrons. The van der Waals surface area contributed by atoms with Gasteiger partial charge < -0.3 is 9.47 Å². The van der Waals surface area contributed by atoms with Crippen LogP contribution < -0.4 is 4.74 Å². The second kappa shape index (κ2) is 8.30. The van der Waals surface area contributed by atoms with Gasteiger partial charge in [-0.15, -0.1) is 0 Å². The van der Waals surface area contributed by atoms with Crippen LogP contribution in [0.3, 0.4) is 0 Å². The second-order valence-corrected chi connectivity index (χ2v) is 7.07. The monoisotopic (exact) mass is 365 g/mol. The smallest absolute Gasteiger partial charge is 0.307 e. The van der Waals surface area contributed by atoms with Gasteiger partial charge in [-0.3, -0.25) is 14.5 Å². The van der Waals surface area contributed by atoms with Gasteiger partial charge in [0.2, 0.25) is 0 Å². The molecule has 24 heavy (non-hydrogen) atoms. The summed E-state index contributed by atoms with van der Waals surface area (Å²) in [6.45, 7) is 4.16. The van der Waals surface area contributed by atoms with E-state index in [1.54, 1.807) is 6.08 Å². The molecule has 1 saturated heterocycles. The van der Waals surface area contributed by atoms with Crippen LogP contribution in [-0.4, -0.2) is 40.9 Å². The van der Waals surface area contributed by atoms with Crippen LogP contribution in [0.5, 0.6) is 5.75 Å². The van der Waals surface area contributed by atoms with Crippen LogP contribution in [0.1, 0.15) is 25.8 Å². The second-order valence-electron chi connectivity index (χ2n) is 5.40. The summed E-state index contributed by atoms with van der Waals surface area (Å²) in [5, 5.41) is 0. The SMILES string of the molecule is COC(=O)CCN1C(=O)/C(=C/c2ccc(OC(C)C)cc2)SC1=S. The molecule has 0 N–H and O–H groups in total. The Morgan fingerprint density at radius 1 is 1.33 bits per heavy atom. The number of thiocarbonyl (C=S) groups is 1. The average molecular weight is 365 g/mol. The van der Waals surface area contributed by atoms with Gasteiger partial charge in [0, 0.05) is 6.54 Å². The fraction of sp³-hybridized carbons (Fsp3) is 0.353. The first-order valence-corrected chi connectivity index (χ1v) is 8.72. The van der Waals surface area contributed by atoms with E-state index in [0.717, 1.165) is 11.3 Å². The standard InChI is InChI=1S/C17H19NO4S2/c1-11(2)22-13-6-4-12(5-7-13)10-14-16(20)18(17(23)24-14)9-8-15(19)21-3/h4-7,10-11H,8-9H2,1-3H3/b14-10-. The summed E-state index contributed by atoms with van der Waals surface area (Å²) in [5.74, 6) is 0.234. The van der Waals surface area contributed by atoms with E-state index in [1.807, 2.05) is 38.1 Å². The number of thioether (sulfide) groups is 1. The lowest BCUT2D eigenvalue weighted by Gasteiger charge is -2.13. The van der Waals surface area contributed by atoms with Gasteiger partial charge in [0.05, 0.1) is 24.5 Å². The van der Waals surface area contributed by atoms with Crippen LogP contribution in [0.2, 0.25) is 0 Å². The molecule has 0 unspecified atom stereocenters. The molecule has 1 aliphatic heterocycles. The number of amides is 1. The summed E-state index contributed by atoms with van der Waals surface area (Å²) >= 11 is 6.46. The van der Waals surface area contributed by atoms with Gasteiger partial charge in [-0.2, -0.15) is 0 Å². The molecule has 1 fully saturated rings. The summed E-state index contributed by atoms with van der Waals surface area (Å²) in [5.41, 5.74) is 0.888. The Balaban J connectivity index is 2.06. The summed E-state index contributed by atoms with van der Waals surface area (Å²) in [7, 11) is 1.32. The highest BCUT2D eigenvalue weighted by Gasteiger charge is 2.32. The zero-order valence-corrected chi connectivity index (χ0v) is 15.4. The molecule has 1 heterocycles. The van der Waals surface area contributed by atoms with Crippen LogP contribution >= 0.6 is 24.0 Å². The molecule has 1 aromatic carbocycles. The van der Waals surface area contributed by atoms with E-state index in [4.69, 9.17) is 17.0 Å². The molecule has 128 valence electrons. The minimum atomic E-state index is -0.367. The first-order chi connectivity index (χ1) is 11.4. The number of carbonyl (C=O) groups excluding carboxylic acids is 2. The van der Waals surface area contributed by atoms with Crippen molar-refractivity contribution in [2.24, 2.45) is 0 Å². The Morgan fingerprint density at radius 3 is 2.58 bits per heavy atom. The third-order valence-corrected chi connectivity index (χ3v) is 4.57. The Hall–Kier alpha value is -1.86. The summed E-state index contributed by atoms with van der Waals surface area (Å²) in [6.07, 6.45) is 2.02. The molecule has 0 spiro atoms. The van der Waals surface area contributed by atoms with Crippen LogP contribution in [0, 0.1) is 0 Å². The Bertz CT molecular complexity index is 668. The number of esters is 1. The maximum atomic E-state index is 12.4. The van der Waals surface area contributed by atoms with Gasteiger partial charge in [0.15, 0.2) is 0 Å². The Kier molecular flexibility index (Phi) is 6.39. The number of ether oxygens (including phenoxy) is 2. The zero-order chi connectivity index (χ0) is 17.7. The largest absolute Gasteiger partial charge is 0.491 e. The number of methoxy groups -OCH3 is 1. The lowest BCUT2D eigenvalue weighted by molar-refractivity contribution is -0.140. The first-order valence-electron chi connectivity index (χ1n) is 7.49. The molecule has 0 aliphatic carbocycles. The lowest BCUT2D eigenvalue weighted by Crippen LogP contribution is -2.30. The molecule has 1 aromatic rings. The Labute approximate surface area is 151 Å². The summed E-state index contributed by atoms with van der Waals surface area (Å²) in [4.78, 5) is 25.6. The molecular formula is C17H19NO4S2. The average Bonchev–Trinajstić information content (AvgIpc) is 2.80. The molecule has 0 aromatic heterocycles. The maximum Gasteiger partial charge on any atom is 0.307 e. The van der Waals surface area contributed by atoms with Gasteiger partial charge in [0.1, 0.15) is 10.1 Å². The molecule has 5 nitrogen and oxygen atoms in total. The number of carbonyl (C=O) groups is 2. The number of benzene rings is 1. The normalized spacial score (nSPS) is 16.2. The van der Waals surface area contributed by atoms with Crippen LogP contribution in [-0.2, 0) is 14.3 Å². The van der Waals surface area contributed by atoms with Gasteiger partial charge >= 0.3 is 5.97 Å². The van der Waals surface area contributed by atoms with Crippen molar-refractivity contribution in [1.82, 2.24) is 4.90 Å². The van der Waals surface area contributed by atoms with E-state index >= 15 is 0 Å². The van der Waals surface area contributed by atoms with Crippen molar-refractivity contribution >= 4 is 46.3 Å². The quantitative estimate of drug-likeness (QED) is 0.438. The van der Waals surface area contributed by atoms with Gasteiger partial charge in [-0.25, -0.2) is 0 Å². The lowest BCUT2D eigenvalue weighted by atomic mass is 10.2. The van der Waals surface area contributed by atoms with Crippen molar-refractivity contribution in [3.8, 4) is 5.75 Å². The van der Waals surface area contributed by atoms with Crippen LogP contribution in [0.15, 0.2) is 29.2 Å². The van der Waals surface area contributed by atoms with Crippen LogP contribution in [0.25, 0.3) is 6.08 Å². The van der Waals surface area contributed by atoms with Crippen molar-refractivity contribution < 1.29 is 19.1 Å². The van der Waals surface area contributed by atoms with Crippen molar-refractivity contribution in [1.29, 1.82) is 0 Å². The van der Waals surface area contributed by atoms with E-state index < -0.39 is 0 Å².